The molecule has 0 saturated carbocycles. The van der Waals surface area contributed by atoms with Gasteiger partial charge in [-0.25, -0.2) is 0 Å². The third-order valence-corrected chi connectivity index (χ3v) is 2.47. The lowest BCUT2D eigenvalue weighted by atomic mass is 10.1. The summed E-state index contributed by atoms with van der Waals surface area (Å²) >= 11 is 0. The Bertz CT molecular complexity index is 449. The van der Waals surface area contributed by atoms with Crippen molar-refractivity contribution in [2.75, 3.05) is 11.9 Å². The molecule has 0 aromatic heterocycles. The van der Waals surface area contributed by atoms with Crippen molar-refractivity contribution in [3.05, 3.63) is 24.3 Å². The first-order chi connectivity index (χ1) is 9.33. The van der Waals surface area contributed by atoms with Crippen molar-refractivity contribution in [1.29, 1.82) is 0 Å². The van der Waals surface area contributed by atoms with E-state index < -0.39 is 24.7 Å². The number of benzene rings is 1. The third-order valence-electron chi connectivity index (χ3n) is 2.47. The van der Waals surface area contributed by atoms with Gasteiger partial charge in [0, 0.05) is 0 Å². The second-order valence-electron chi connectivity index (χ2n) is 4.28. The zero-order valence-corrected chi connectivity index (χ0v) is 11.0. The van der Waals surface area contributed by atoms with Crippen molar-refractivity contribution in [3.63, 3.8) is 0 Å². The number of rotatable bonds is 6. The van der Waals surface area contributed by atoms with E-state index in [2.05, 4.69) is 10.1 Å². The van der Waals surface area contributed by atoms with E-state index in [1.165, 1.54) is 18.2 Å². The number of para-hydroxylation sites is 2. The number of nitrogens with one attached hydrogen (secondary N) is 1. The van der Waals surface area contributed by atoms with Gasteiger partial charge in [-0.05, 0) is 18.6 Å². The molecule has 0 aliphatic heterocycles. The normalized spacial score (nSPS) is 12.8. The first-order valence-corrected chi connectivity index (χ1v) is 6.18. The maximum atomic E-state index is 12.1. The number of nitrogens with two attached hydrogens (primary N) is 1. The van der Waals surface area contributed by atoms with Gasteiger partial charge in [0.25, 0.3) is 0 Å². The number of hydrogen-bond acceptors (Lipinski definition) is 3. The van der Waals surface area contributed by atoms with Gasteiger partial charge in [-0.2, -0.15) is 13.2 Å². The zero-order chi connectivity index (χ0) is 15.2. The number of carbonyl (C=O) groups excluding carboxylic acids is 1. The number of amides is 1. The number of ether oxygens (including phenoxy) is 1. The lowest BCUT2D eigenvalue weighted by Crippen LogP contribution is -2.35. The molecule has 0 radical (unpaired) electrons. The first-order valence-electron chi connectivity index (χ1n) is 6.18. The molecule has 0 aliphatic carbocycles. The van der Waals surface area contributed by atoms with Crippen LogP contribution in [-0.2, 0) is 4.79 Å². The fourth-order valence-corrected chi connectivity index (χ4v) is 1.52. The summed E-state index contributed by atoms with van der Waals surface area (Å²) in [6.07, 6.45) is -3.20. The minimum atomic E-state index is -4.43. The van der Waals surface area contributed by atoms with Crippen LogP contribution in [-0.4, -0.2) is 24.7 Å². The van der Waals surface area contributed by atoms with E-state index in [4.69, 9.17) is 5.73 Å². The summed E-state index contributed by atoms with van der Waals surface area (Å²) in [7, 11) is 0. The van der Waals surface area contributed by atoms with Gasteiger partial charge >= 0.3 is 6.18 Å². The van der Waals surface area contributed by atoms with Gasteiger partial charge < -0.3 is 15.8 Å². The second kappa shape index (κ2) is 7.14. The highest BCUT2D eigenvalue weighted by Gasteiger charge is 2.29. The number of carbonyl (C=O) groups is 1. The fraction of sp³-hybridized carbons (Fsp3) is 0.462. The molecule has 112 valence electrons. The van der Waals surface area contributed by atoms with Gasteiger partial charge in [-0.3, -0.25) is 4.79 Å². The van der Waals surface area contributed by atoms with E-state index >= 15 is 0 Å². The average molecular weight is 290 g/mol. The van der Waals surface area contributed by atoms with E-state index in [1.54, 1.807) is 6.07 Å². The van der Waals surface area contributed by atoms with E-state index in [1.807, 2.05) is 6.92 Å². The van der Waals surface area contributed by atoms with Crippen LogP contribution in [0.4, 0.5) is 18.9 Å². The number of halogens is 3. The maximum absolute atomic E-state index is 12.1. The molecule has 20 heavy (non-hydrogen) atoms. The Morgan fingerprint density at radius 1 is 1.40 bits per heavy atom. The van der Waals surface area contributed by atoms with Crippen LogP contribution >= 0.6 is 0 Å². The van der Waals surface area contributed by atoms with Gasteiger partial charge in [-0.1, -0.05) is 25.5 Å². The van der Waals surface area contributed by atoms with Crippen LogP contribution in [0, 0.1) is 0 Å². The molecule has 1 aromatic carbocycles. The average Bonchev–Trinajstić information content (AvgIpc) is 2.37. The Labute approximate surface area is 115 Å². The van der Waals surface area contributed by atoms with Gasteiger partial charge in [0.2, 0.25) is 5.91 Å². The molecule has 0 fully saturated rings. The topological polar surface area (TPSA) is 64.4 Å². The number of hydrogen-bond donors (Lipinski definition) is 2. The van der Waals surface area contributed by atoms with Crippen LogP contribution in [0.15, 0.2) is 24.3 Å². The third kappa shape index (κ3) is 5.48. The van der Waals surface area contributed by atoms with Gasteiger partial charge in [0.1, 0.15) is 5.75 Å². The summed E-state index contributed by atoms with van der Waals surface area (Å²) in [5.74, 6) is -0.489. The van der Waals surface area contributed by atoms with Gasteiger partial charge in [0.05, 0.1) is 11.7 Å². The molecule has 1 rings (SSSR count). The van der Waals surface area contributed by atoms with Crippen molar-refractivity contribution in [2.24, 2.45) is 5.73 Å². The molecule has 1 aromatic rings. The predicted molar refractivity (Wildman–Crippen MR) is 69.5 cm³/mol. The van der Waals surface area contributed by atoms with E-state index in [0.717, 1.165) is 6.42 Å². The van der Waals surface area contributed by atoms with Gasteiger partial charge in [0.15, 0.2) is 6.61 Å². The Kier molecular flexibility index (Phi) is 5.82. The highest BCUT2D eigenvalue weighted by atomic mass is 19.4. The molecule has 3 N–H and O–H groups in total. The van der Waals surface area contributed by atoms with Crippen molar-refractivity contribution in [2.45, 2.75) is 32.0 Å². The van der Waals surface area contributed by atoms with Gasteiger partial charge in [-0.15, -0.1) is 0 Å². The summed E-state index contributed by atoms with van der Waals surface area (Å²) in [6, 6.07) is 5.22. The van der Waals surface area contributed by atoms with Crippen molar-refractivity contribution < 1.29 is 22.7 Å². The number of anilines is 1. The van der Waals surface area contributed by atoms with Crippen LogP contribution in [0.3, 0.4) is 0 Å². The SMILES string of the molecule is CCC[C@@H](N)C(=O)Nc1ccccc1OCC(F)(F)F. The zero-order valence-electron chi connectivity index (χ0n) is 11.0. The van der Waals surface area contributed by atoms with Crippen LogP contribution in [0.5, 0.6) is 5.75 Å². The smallest absolute Gasteiger partial charge is 0.422 e. The quantitative estimate of drug-likeness (QED) is 0.846. The largest absolute Gasteiger partial charge is 0.482 e. The van der Waals surface area contributed by atoms with Crippen LogP contribution in [0.1, 0.15) is 19.8 Å². The standard InChI is InChI=1S/C13H17F3N2O2/c1-2-5-9(17)12(19)18-10-6-3-4-7-11(10)20-8-13(14,15)16/h3-4,6-7,9H,2,5,8,17H2,1H3,(H,18,19)/t9-/m1/s1. The number of alkyl halides is 3. The lowest BCUT2D eigenvalue weighted by molar-refractivity contribution is -0.153. The summed E-state index contributed by atoms with van der Waals surface area (Å²) in [5.41, 5.74) is 5.81. The van der Waals surface area contributed by atoms with Crippen molar-refractivity contribution >= 4 is 11.6 Å². The Balaban J connectivity index is 2.72. The first kappa shape index (κ1) is 16.3. The highest BCUT2D eigenvalue weighted by Crippen LogP contribution is 2.26. The van der Waals surface area contributed by atoms with E-state index in [0.29, 0.717) is 6.42 Å². The predicted octanol–water partition coefficient (Wildman–Crippen LogP) is 2.69. The fourth-order valence-electron chi connectivity index (χ4n) is 1.52. The molecule has 1 amide bonds. The molecule has 0 unspecified atom stereocenters. The molecule has 0 aliphatic rings. The monoisotopic (exact) mass is 290 g/mol. The lowest BCUT2D eigenvalue weighted by Gasteiger charge is -2.15. The highest BCUT2D eigenvalue weighted by molar-refractivity contribution is 5.95. The van der Waals surface area contributed by atoms with Crippen LogP contribution < -0.4 is 15.8 Å². The molecular formula is C13H17F3N2O2. The molecule has 0 saturated heterocycles. The molecule has 0 spiro atoms. The van der Waals surface area contributed by atoms with E-state index in [9.17, 15) is 18.0 Å². The molecule has 0 bridgehead atoms. The Hall–Kier alpha value is -1.76. The summed E-state index contributed by atoms with van der Waals surface area (Å²) < 4.78 is 41.1. The molecule has 4 nitrogen and oxygen atoms in total. The molecule has 1 atom stereocenters. The molecule has 0 heterocycles. The van der Waals surface area contributed by atoms with Crippen LogP contribution in [0.2, 0.25) is 0 Å². The second-order valence-corrected chi connectivity index (χ2v) is 4.28. The van der Waals surface area contributed by atoms with Crippen molar-refractivity contribution in [3.8, 4) is 5.75 Å². The Morgan fingerprint density at radius 2 is 2.05 bits per heavy atom. The Morgan fingerprint density at radius 3 is 2.65 bits per heavy atom. The van der Waals surface area contributed by atoms with Crippen LogP contribution in [0.25, 0.3) is 0 Å². The summed E-state index contributed by atoms with van der Waals surface area (Å²) in [6.45, 7) is 0.467. The van der Waals surface area contributed by atoms with E-state index in [-0.39, 0.29) is 11.4 Å². The minimum absolute atomic E-state index is 0.0399. The summed E-state index contributed by atoms with van der Waals surface area (Å²) in [4.78, 5) is 11.7. The summed E-state index contributed by atoms with van der Waals surface area (Å²) in [5, 5.41) is 2.48. The van der Waals surface area contributed by atoms with Crippen molar-refractivity contribution in [1.82, 2.24) is 0 Å². The minimum Gasteiger partial charge on any atom is -0.482 e. The maximum Gasteiger partial charge on any atom is 0.422 e. The molecular weight excluding hydrogens is 273 g/mol. The molecule has 7 heteroatoms.